The Hall–Kier alpha value is -4.74. The van der Waals surface area contributed by atoms with Gasteiger partial charge in [0, 0.05) is 12.0 Å². The number of para-hydroxylation sites is 2. The molecule has 0 saturated carbocycles. The fourth-order valence-corrected chi connectivity index (χ4v) is 4.40. The lowest BCUT2D eigenvalue weighted by Gasteiger charge is -2.25. The molecular formula is C28H32N4O8. The number of carbonyl (C=O) groups is 6. The average Bonchev–Trinajstić information content (AvgIpc) is 3.01. The first-order valence-electron chi connectivity index (χ1n) is 12.7. The van der Waals surface area contributed by atoms with E-state index in [1.54, 1.807) is 39.0 Å². The number of anilines is 2. The van der Waals surface area contributed by atoms with Gasteiger partial charge in [-0.25, -0.2) is 4.79 Å². The van der Waals surface area contributed by atoms with Gasteiger partial charge in [0.2, 0.25) is 5.91 Å². The van der Waals surface area contributed by atoms with Gasteiger partial charge in [-0.3, -0.25) is 29.0 Å². The van der Waals surface area contributed by atoms with Crippen molar-refractivity contribution in [2.75, 3.05) is 29.5 Å². The predicted octanol–water partition coefficient (Wildman–Crippen LogP) is 1.78. The van der Waals surface area contributed by atoms with E-state index in [1.807, 2.05) is 0 Å². The number of rotatable bonds is 9. The second-order valence-electron chi connectivity index (χ2n) is 9.42. The summed E-state index contributed by atoms with van der Waals surface area (Å²) in [6.07, 6.45) is -0.530. The van der Waals surface area contributed by atoms with Crippen LogP contribution in [0.25, 0.3) is 0 Å². The Morgan fingerprint density at radius 2 is 1.75 bits per heavy atom. The van der Waals surface area contributed by atoms with Gasteiger partial charge in [-0.15, -0.1) is 0 Å². The summed E-state index contributed by atoms with van der Waals surface area (Å²) in [6.45, 7) is 5.38. The second kappa shape index (κ2) is 12.9. The molecule has 0 fully saturated rings. The summed E-state index contributed by atoms with van der Waals surface area (Å²) >= 11 is 0. The van der Waals surface area contributed by atoms with Crippen molar-refractivity contribution >= 4 is 47.3 Å². The van der Waals surface area contributed by atoms with Gasteiger partial charge in [0.1, 0.15) is 30.4 Å². The summed E-state index contributed by atoms with van der Waals surface area (Å²) in [7, 11) is 0. The van der Waals surface area contributed by atoms with E-state index in [0.717, 1.165) is 4.90 Å². The van der Waals surface area contributed by atoms with Crippen LogP contribution in [0, 0.1) is 13.8 Å². The molecule has 0 radical (unpaired) electrons. The summed E-state index contributed by atoms with van der Waals surface area (Å²) in [4.78, 5) is 78.1. The highest BCUT2D eigenvalue weighted by molar-refractivity contribution is 6.10. The number of nitrogens with one attached hydrogen (secondary N) is 2. The molecule has 2 unspecified atom stereocenters. The van der Waals surface area contributed by atoms with Crippen molar-refractivity contribution in [3.8, 4) is 5.75 Å². The van der Waals surface area contributed by atoms with Crippen LogP contribution in [0.1, 0.15) is 41.8 Å². The molecule has 0 aliphatic carbocycles. The zero-order valence-corrected chi connectivity index (χ0v) is 22.7. The summed E-state index contributed by atoms with van der Waals surface area (Å²) < 4.78 is 5.20. The molecule has 3 rings (SSSR count). The Morgan fingerprint density at radius 3 is 2.33 bits per heavy atom. The Morgan fingerprint density at radius 1 is 1.12 bits per heavy atom. The summed E-state index contributed by atoms with van der Waals surface area (Å²) in [5, 5.41) is 15.2. The van der Waals surface area contributed by atoms with E-state index < -0.39 is 42.4 Å². The Kier molecular flexibility index (Phi) is 9.59. The van der Waals surface area contributed by atoms with E-state index in [0.29, 0.717) is 17.4 Å². The molecule has 4 amide bonds. The summed E-state index contributed by atoms with van der Waals surface area (Å²) in [5.41, 5.74) is 1.59. The number of nitrogens with zero attached hydrogens (tertiary/aromatic N) is 2. The third-order valence-corrected chi connectivity index (χ3v) is 6.26. The molecule has 0 spiro atoms. The third kappa shape index (κ3) is 6.82. The number of aryl methyl sites for hydroxylation is 2. The van der Waals surface area contributed by atoms with Crippen LogP contribution in [0.5, 0.6) is 5.75 Å². The number of phenolic OH excluding ortho intramolecular Hbond substituents is 1. The number of aromatic hydroxyl groups is 1. The first-order valence-corrected chi connectivity index (χ1v) is 12.7. The number of ether oxygens (including phenoxy) is 1. The highest BCUT2D eigenvalue weighted by Crippen LogP contribution is 2.33. The molecule has 0 saturated heterocycles. The topological polar surface area (TPSA) is 162 Å². The van der Waals surface area contributed by atoms with Gasteiger partial charge in [0.15, 0.2) is 0 Å². The van der Waals surface area contributed by atoms with E-state index in [1.165, 1.54) is 30.0 Å². The van der Waals surface area contributed by atoms with Gasteiger partial charge in [-0.1, -0.05) is 12.1 Å². The maximum absolute atomic E-state index is 13.8. The zero-order valence-electron chi connectivity index (χ0n) is 22.7. The number of Topliss-reactive ketones (excluding diaryl/α,β-unsaturated/α-hetero) is 1. The van der Waals surface area contributed by atoms with Gasteiger partial charge < -0.3 is 25.3 Å². The molecule has 1 aliphatic heterocycles. The Bertz CT molecular complexity index is 1320. The van der Waals surface area contributed by atoms with E-state index in [9.17, 15) is 33.9 Å². The number of carbonyl (C=O) groups excluding carboxylic acids is 6. The number of benzene rings is 2. The lowest BCUT2D eigenvalue weighted by atomic mass is 10.0. The van der Waals surface area contributed by atoms with Crippen molar-refractivity contribution in [3.63, 3.8) is 0 Å². The Labute approximate surface area is 231 Å². The van der Waals surface area contributed by atoms with Gasteiger partial charge in [0.05, 0.1) is 30.6 Å². The zero-order chi connectivity index (χ0) is 29.6. The number of amides is 4. The molecule has 0 bridgehead atoms. The van der Waals surface area contributed by atoms with E-state index >= 15 is 0 Å². The highest BCUT2D eigenvalue weighted by Gasteiger charge is 2.38. The van der Waals surface area contributed by atoms with Gasteiger partial charge in [-0.2, -0.15) is 0 Å². The maximum Gasteiger partial charge on any atom is 0.414 e. The molecule has 212 valence electrons. The minimum atomic E-state index is -1.30. The van der Waals surface area contributed by atoms with Gasteiger partial charge in [-0.05, 0) is 63.1 Å². The second-order valence-corrected chi connectivity index (χ2v) is 9.42. The molecule has 2 aromatic rings. The van der Waals surface area contributed by atoms with Crippen LogP contribution in [0.4, 0.5) is 16.2 Å². The fraction of sp³-hybridized carbons (Fsp3) is 0.357. The van der Waals surface area contributed by atoms with Crippen LogP contribution in [0.3, 0.4) is 0 Å². The highest BCUT2D eigenvalue weighted by atomic mass is 16.6. The normalized spacial score (nSPS) is 15.4. The molecule has 40 heavy (non-hydrogen) atoms. The van der Waals surface area contributed by atoms with Crippen LogP contribution >= 0.6 is 0 Å². The quantitative estimate of drug-likeness (QED) is 0.397. The molecule has 12 nitrogen and oxygen atoms in total. The van der Waals surface area contributed by atoms with Crippen LogP contribution < -0.4 is 20.4 Å². The minimum absolute atomic E-state index is 0.0432. The van der Waals surface area contributed by atoms with Gasteiger partial charge >= 0.3 is 6.09 Å². The van der Waals surface area contributed by atoms with E-state index in [2.05, 4.69) is 10.6 Å². The molecule has 1 heterocycles. The van der Waals surface area contributed by atoms with E-state index in [4.69, 9.17) is 4.74 Å². The molecule has 0 aromatic heterocycles. The largest absolute Gasteiger partial charge is 0.507 e. The summed E-state index contributed by atoms with van der Waals surface area (Å²) in [5.74, 6) is -2.31. The molecule has 2 aromatic carbocycles. The maximum atomic E-state index is 13.8. The number of hydrogen-bond donors (Lipinski definition) is 3. The number of hydrogen-bond acceptors (Lipinski definition) is 8. The number of phenols is 1. The van der Waals surface area contributed by atoms with Crippen LogP contribution in [0.2, 0.25) is 0 Å². The molecule has 12 heteroatoms. The summed E-state index contributed by atoms with van der Waals surface area (Å²) in [6, 6.07) is 6.93. The third-order valence-electron chi connectivity index (χ3n) is 6.26. The smallest absolute Gasteiger partial charge is 0.414 e. The van der Waals surface area contributed by atoms with Crippen molar-refractivity contribution in [1.82, 2.24) is 10.6 Å². The number of aldehydes is 1. The first kappa shape index (κ1) is 29.8. The van der Waals surface area contributed by atoms with Crippen molar-refractivity contribution in [3.05, 3.63) is 53.1 Å². The standard InChI is InChI=1S/C28H32N4O8/c1-5-40-28(39)32-13-21(30-26(37)19-10-16(2)25(36)17(3)11-19)27(38)31(22-8-6-7-9-23(22)32)14-24(35)29-20(15-33)12-18(4)34/h6-11,15,20-21,36H,5,12-14H2,1-4H3,(H,29,35)(H,30,37). The monoisotopic (exact) mass is 552 g/mol. The lowest BCUT2D eigenvalue weighted by Crippen LogP contribution is -2.54. The van der Waals surface area contributed by atoms with Gasteiger partial charge in [0.25, 0.3) is 11.8 Å². The molecule has 2 atom stereocenters. The lowest BCUT2D eigenvalue weighted by molar-refractivity contribution is -0.126. The van der Waals surface area contributed by atoms with Crippen molar-refractivity contribution < 1.29 is 38.6 Å². The molecule has 3 N–H and O–H groups in total. The first-order chi connectivity index (χ1) is 19.0. The van der Waals surface area contributed by atoms with Crippen molar-refractivity contribution in [2.45, 2.75) is 46.2 Å². The Balaban J connectivity index is 2.00. The molecule has 1 aliphatic rings. The van der Waals surface area contributed by atoms with Crippen LogP contribution in [-0.2, 0) is 23.9 Å². The SMILES string of the molecule is CCOC(=O)N1CC(NC(=O)c2cc(C)c(O)c(C)c2)C(=O)N(CC(=O)NC(C=O)CC(C)=O)c2ccccc21. The minimum Gasteiger partial charge on any atom is -0.507 e. The average molecular weight is 553 g/mol. The number of fused-ring (bicyclic) bond motifs is 1. The van der Waals surface area contributed by atoms with Crippen molar-refractivity contribution in [1.29, 1.82) is 0 Å². The number of ketones is 1. The van der Waals surface area contributed by atoms with E-state index in [-0.39, 0.29) is 48.0 Å². The van der Waals surface area contributed by atoms with Crippen LogP contribution in [0.15, 0.2) is 36.4 Å². The fourth-order valence-electron chi connectivity index (χ4n) is 4.40. The van der Waals surface area contributed by atoms with Crippen LogP contribution in [-0.4, -0.2) is 72.8 Å². The van der Waals surface area contributed by atoms with Crippen molar-refractivity contribution in [2.24, 2.45) is 0 Å². The molecular weight excluding hydrogens is 520 g/mol. The predicted molar refractivity (Wildman–Crippen MR) is 145 cm³/mol.